The van der Waals surface area contributed by atoms with E-state index in [2.05, 4.69) is 36.5 Å². The minimum atomic E-state index is 0.601. The molecule has 2 aromatic rings. The van der Waals surface area contributed by atoms with E-state index >= 15 is 0 Å². The lowest BCUT2D eigenvalue weighted by Gasteiger charge is -2.11. The van der Waals surface area contributed by atoms with Crippen LogP contribution < -0.4 is 10.6 Å². The Morgan fingerprint density at radius 2 is 2.16 bits per heavy atom. The number of anilines is 3. The van der Waals surface area contributed by atoms with Gasteiger partial charge in [-0.3, -0.25) is 0 Å². The van der Waals surface area contributed by atoms with Crippen molar-refractivity contribution in [1.82, 2.24) is 9.97 Å². The van der Waals surface area contributed by atoms with Crippen molar-refractivity contribution in [3.63, 3.8) is 0 Å². The minimum Gasteiger partial charge on any atom is -0.354 e. The third-order valence-electron chi connectivity index (χ3n) is 2.49. The van der Waals surface area contributed by atoms with Gasteiger partial charge in [-0.2, -0.15) is 4.98 Å². The molecule has 100 valence electrons. The molecule has 1 heterocycles. The summed E-state index contributed by atoms with van der Waals surface area (Å²) in [5.41, 5.74) is 1.77. The normalized spacial score (nSPS) is 10.3. The number of aromatic nitrogens is 2. The van der Waals surface area contributed by atoms with Crippen molar-refractivity contribution in [3.8, 4) is 0 Å². The van der Waals surface area contributed by atoms with Crippen molar-refractivity contribution in [2.75, 3.05) is 17.2 Å². The quantitative estimate of drug-likeness (QED) is 0.866. The summed E-state index contributed by atoms with van der Waals surface area (Å²) in [5, 5.41) is 6.94. The van der Waals surface area contributed by atoms with Crippen molar-refractivity contribution in [1.29, 1.82) is 0 Å². The van der Waals surface area contributed by atoms with Crippen molar-refractivity contribution >= 4 is 45.0 Å². The van der Waals surface area contributed by atoms with E-state index in [-0.39, 0.29) is 0 Å². The first-order valence-corrected chi connectivity index (χ1v) is 7.07. The fraction of sp³-hybridized carbons (Fsp3) is 0.231. The van der Waals surface area contributed by atoms with Crippen molar-refractivity contribution in [2.24, 2.45) is 0 Å². The van der Waals surface area contributed by atoms with Crippen LogP contribution in [0.15, 0.2) is 28.9 Å². The first kappa shape index (κ1) is 14.1. The van der Waals surface area contributed by atoms with E-state index in [9.17, 15) is 0 Å². The Morgan fingerprint density at radius 1 is 1.37 bits per heavy atom. The van der Waals surface area contributed by atoms with Gasteiger partial charge in [0.15, 0.2) is 0 Å². The third-order valence-corrected chi connectivity index (χ3v) is 3.30. The highest BCUT2D eigenvalue weighted by atomic mass is 79.9. The first-order chi connectivity index (χ1) is 9.10. The second kappa shape index (κ2) is 6.21. The van der Waals surface area contributed by atoms with E-state index < -0.39 is 0 Å². The number of hydrogen-bond donors (Lipinski definition) is 2. The van der Waals surface area contributed by atoms with Gasteiger partial charge in [-0.1, -0.05) is 27.5 Å². The Labute approximate surface area is 125 Å². The van der Waals surface area contributed by atoms with Gasteiger partial charge in [-0.25, -0.2) is 4.98 Å². The highest BCUT2D eigenvalue weighted by Gasteiger charge is 2.06. The van der Waals surface area contributed by atoms with E-state index in [1.54, 1.807) is 6.20 Å². The van der Waals surface area contributed by atoms with Crippen LogP contribution in [0.3, 0.4) is 0 Å². The van der Waals surface area contributed by atoms with E-state index in [4.69, 9.17) is 11.6 Å². The molecule has 0 bridgehead atoms. The monoisotopic (exact) mass is 340 g/mol. The van der Waals surface area contributed by atoms with Crippen molar-refractivity contribution < 1.29 is 0 Å². The molecule has 0 spiro atoms. The molecule has 1 aromatic carbocycles. The zero-order valence-corrected chi connectivity index (χ0v) is 13.0. The van der Waals surface area contributed by atoms with Gasteiger partial charge in [0.1, 0.15) is 5.82 Å². The maximum atomic E-state index is 6.18. The van der Waals surface area contributed by atoms with E-state index in [1.165, 1.54) is 0 Å². The summed E-state index contributed by atoms with van der Waals surface area (Å²) < 4.78 is 0.941. The number of hydrogen-bond acceptors (Lipinski definition) is 4. The number of nitrogens with zero attached hydrogens (tertiary/aromatic N) is 2. The Morgan fingerprint density at radius 3 is 2.84 bits per heavy atom. The van der Waals surface area contributed by atoms with Crippen LogP contribution >= 0.6 is 27.5 Å². The van der Waals surface area contributed by atoms with Crippen LogP contribution in [0.1, 0.15) is 12.5 Å². The van der Waals surface area contributed by atoms with Gasteiger partial charge in [-0.05, 0) is 32.0 Å². The van der Waals surface area contributed by atoms with Gasteiger partial charge in [0.2, 0.25) is 5.95 Å². The summed E-state index contributed by atoms with van der Waals surface area (Å²) >= 11 is 9.56. The maximum absolute atomic E-state index is 6.18. The zero-order chi connectivity index (χ0) is 13.8. The Bertz CT molecular complexity index is 589. The highest BCUT2D eigenvalue weighted by Crippen LogP contribution is 2.28. The predicted octanol–water partition coefficient (Wildman–Crippen LogP) is 4.38. The molecule has 0 aliphatic carbocycles. The van der Waals surface area contributed by atoms with Crippen LogP contribution in [0.4, 0.5) is 17.5 Å². The molecule has 19 heavy (non-hydrogen) atoms. The average Bonchev–Trinajstić information content (AvgIpc) is 2.37. The van der Waals surface area contributed by atoms with Gasteiger partial charge in [0.25, 0.3) is 0 Å². The average molecular weight is 342 g/mol. The van der Waals surface area contributed by atoms with Crippen molar-refractivity contribution in [3.05, 3.63) is 39.5 Å². The molecule has 0 atom stereocenters. The number of aryl methyl sites for hydroxylation is 1. The van der Waals surface area contributed by atoms with Crippen LogP contribution in [-0.2, 0) is 0 Å². The molecule has 2 N–H and O–H groups in total. The van der Waals surface area contributed by atoms with Gasteiger partial charge in [-0.15, -0.1) is 0 Å². The molecule has 2 rings (SSSR count). The lowest BCUT2D eigenvalue weighted by molar-refractivity contribution is 1.07. The molecular weight excluding hydrogens is 328 g/mol. The third kappa shape index (κ3) is 3.58. The van der Waals surface area contributed by atoms with Gasteiger partial charge < -0.3 is 10.6 Å². The molecule has 0 radical (unpaired) electrons. The Hall–Kier alpha value is -1.33. The Balaban J connectivity index is 2.29. The molecule has 0 aliphatic rings. The summed E-state index contributed by atoms with van der Waals surface area (Å²) in [6, 6.07) is 5.67. The molecule has 6 heteroatoms. The van der Waals surface area contributed by atoms with Crippen LogP contribution in [0.2, 0.25) is 5.02 Å². The number of benzene rings is 1. The standard InChI is InChI=1S/C13H14BrClN4/c1-3-16-13-17-7-8(2)12(19-13)18-11-5-4-9(14)6-10(11)15/h4-7H,3H2,1-2H3,(H2,16,17,18,19). The maximum Gasteiger partial charge on any atom is 0.224 e. The summed E-state index contributed by atoms with van der Waals surface area (Å²) in [6.07, 6.45) is 1.78. The van der Waals surface area contributed by atoms with Gasteiger partial charge in [0.05, 0.1) is 10.7 Å². The molecule has 0 fully saturated rings. The van der Waals surface area contributed by atoms with E-state index in [0.717, 1.165) is 28.1 Å². The minimum absolute atomic E-state index is 0.601. The lowest BCUT2D eigenvalue weighted by atomic mass is 10.3. The molecule has 0 aliphatic heterocycles. The lowest BCUT2D eigenvalue weighted by Crippen LogP contribution is -2.05. The van der Waals surface area contributed by atoms with Crippen molar-refractivity contribution in [2.45, 2.75) is 13.8 Å². The van der Waals surface area contributed by atoms with Gasteiger partial charge >= 0.3 is 0 Å². The van der Waals surface area contributed by atoms with Crippen LogP contribution in [0.5, 0.6) is 0 Å². The first-order valence-electron chi connectivity index (χ1n) is 5.89. The smallest absolute Gasteiger partial charge is 0.224 e. The second-order valence-corrected chi connectivity index (χ2v) is 5.33. The number of rotatable bonds is 4. The molecule has 0 saturated carbocycles. The molecule has 1 aromatic heterocycles. The fourth-order valence-corrected chi connectivity index (χ4v) is 2.25. The van der Waals surface area contributed by atoms with E-state index in [0.29, 0.717) is 11.0 Å². The summed E-state index contributed by atoms with van der Waals surface area (Å²) in [7, 11) is 0. The van der Waals surface area contributed by atoms with Gasteiger partial charge in [0, 0.05) is 22.8 Å². The molecular formula is C13H14BrClN4. The SMILES string of the molecule is CCNc1ncc(C)c(Nc2ccc(Br)cc2Cl)n1. The number of halogens is 2. The Kier molecular flexibility index (Phi) is 4.61. The van der Waals surface area contributed by atoms with Crippen LogP contribution in [0.25, 0.3) is 0 Å². The van der Waals surface area contributed by atoms with Crippen LogP contribution in [0, 0.1) is 6.92 Å². The fourth-order valence-electron chi connectivity index (χ4n) is 1.53. The highest BCUT2D eigenvalue weighted by molar-refractivity contribution is 9.10. The summed E-state index contributed by atoms with van der Waals surface area (Å²) in [5.74, 6) is 1.35. The van der Waals surface area contributed by atoms with E-state index in [1.807, 2.05) is 32.0 Å². The largest absolute Gasteiger partial charge is 0.354 e. The molecule has 0 unspecified atom stereocenters. The molecule has 0 amide bonds. The number of nitrogens with one attached hydrogen (secondary N) is 2. The van der Waals surface area contributed by atoms with Crippen LogP contribution in [-0.4, -0.2) is 16.5 Å². The summed E-state index contributed by atoms with van der Waals surface area (Å²) in [6.45, 7) is 4.73. The second-order valence-electron chi connectivity index (χ2n) is 4.00. The molecule has 4 nitrogen and oxygen atoms in total. The zero-order valence-electron chi connectivity index (χ0n) is 10.7. The molecule has 0 saturated heterocycles. The predicted molar refractivity (Wildman–Crippen MR) is 83.4 cm³/mol. The topological polar surface area (TPSA) is 49.8 Å². The summed E-state index contributed by atoms with van der Waals surface area (Å²) in [4.78, 5) is 8.62.